The van der Waals surface area contributed by atoms with Crippen molar-refractivity contribution in [2.75, 3.05) is 0 Å². The van der Waals surface area contributed by atoms with Gasteiger partial charge in [0.15, 0.2) is 0 Å². The van der Waals surface area contributed by atoms with Crippen molar-refractivity contribution in [2.45, 2.75) is 24.6 Å². The fourth-order valence-electron chi connectivity index (χ4n) is 0.890. The second-order valence-corrected chi connectivity index (χ2v) is 3.83. The quantitative estimate of drug-likeness (QED) is 0.705. The molecule has 1 heterocycles. The predicted octanol–water partition coefficient (Wildman–Crippen LogP) is 2.80. The highest BCUT2D eigenvalue weighted by Crippen LogP contribution is 2.10. The van der Waals surface area contributed by atoms with Crippen molar-refractivity contribution < 1.29 is 0 Å². The first kappa shape index (κ1) is 8.72. The Hall–Kier alpha value is -0.370. The number of rotatable bonds is 3. The Morgan fingerprint density at radius 3 is 2.91 bits per heavy atom. The molecule has 2 heteroatoms. The minimum Gasteiger partial charge on any atom is -0.261 e. The van der Waals surface area contributed by atoms with E-state index < -0.39 is 0 Å². The van der Waals surface area contributed by atoms with E-state index in [9.17, 15) is 0 Å². The van der Waals surface area contributed by atoms with Gasteiger partial charge in [-0.25, -0.2) is 0 Å². The van der Waals surface area contributed by atoms with Gasteiger partial charge in [0.2, 0.25) is 0 Å². The van der Waals surface area contributed by atoms with Crippen molar-refractivity contribution in [3.63, 3.8) is 0 Å². The number of nitrogens with zero attached hydrogens (tertiary/aromatic N) is 1. The number of alkyl halides is 1. The molecule has 11 heavy (non-hydrogen) atoms. The van der Waals surface area contributed by atoms with Crippen LogP contribution in [0.3, 0.4) is 0 Å². The van der Waals surface area contributed by atoms with E-state index in [1.54, 1.807) is 0 Å². The summed E-state index contributed by atoms with van der Waals surface area (Å²) in [5, 5.41) is 0. The highest BCUT2D eigenvalue weighted by Gasteiger charge is 2.01. The first-order valence-electron chi connectivity index (χ1n) is 3.87. The molecule has 1 nitrogen and oxygen atoms in total. The van der Waals surface area contributed by atoms with Gasteiger partial charge < -0.3 is 0 Å². The Morgan fingerprint density at radius 1 is 1.55 bits per heavy atom. The third-order valence-corrected chi connectivity index (χ3v) is 2.57. The first-order chi connectivity index (χ1) is 5.33. The number of halogens is 1. The van der Waals surface area contributed by atoms with Crippen molar-refractivity contribution in [1.29, 1.82) is 0 Å². The fraction of sp³-hybridized carbons (Fsp3) is 0.444. The Balaban J connectivity index is 2.51. The summed E-state index contributed by atoms with van der Waals surface area (Å²) in [4.78, 5) is 4.80. The van der Waals surface area contributed by atoms with E-state index in [0.29, 0.717) is 4.83 Å². The lowest BCUT2D eigenvalue weighted by molar-refractivity contribution is 0.809. The van der Waals surface area contributed by atoms with E-state index in [2.05, 4.69) is 33.9 Å². The van der Waals surface area contributed by atoms with Gasteiger partial charge in [0.1, 0.15) is 0 Å². The molecule has 1 atom stereocenters. The molecule has 0 spiro atoms. The molecule has 0 aliphatic rings. The van der Waals surface area contributed by atoms with Gasteiger partial charge in [0.25, 0.3) is 0 Å². The summed E-state index contributed by atoms with van der Waals surface area (Å²) < 4.78 is 0. The molecule has 0 aliphatic carbocycles. The SMILES string of the molecule is CCC(Br)Cc1ccccn1. The molecule has 1 rings (SSSR count). The molecule has 0 bridgehead atoms. The van der Waals surface area contributed by atoms with Gasteiger partial charge in [-0.2, -0.15) is 0 Å². The largest absolute Gasteiger partial charge is 0.261 e. The Bertz CT molecular complexity index is 198. The highest BCUT2D eigenvalue weighted by molar-refractivity contribution is 9.09. The summed E-state index contributed by atoms with van der Waals surface area (Å²) in [5.74, 6) is 0. The maximum Gasteiger partial charge on any atom is 0.0414 e. The third kappa shape index (κ3) is 3.02. The van der Waals surface area contributed by atoms with Crippen LogP contribution in [0.15, 0.2) is 24.4 Å². The Kier molecular flexibility index (Phi) is 3.57. The minimum absolute atomic E-state index is 0.567. The Labute approximate surface area is 76.0 Å². The van der Waals surface area contributed by atoms with Gasteiger partial charge in [0, 0.05) is 23.1 Å². The summed E-state index contributed by atoms with van der Waals surface area (Å²) in [6, 6.07) is 6.03. The number of hydrogen-bond donors (Lipinski definition) is 0. The number of pyridine rings is 1. The molecule has 0 saturated heterocycles. The van der Waals surface area contributed by atoms with E-state index in [1.165, 1.54) is 0 Å². The number of aromatic nitrogens is 1. The lowest BCUT2D eigenvalue weighted by Crippen LogP contribution is -2.01. The molecule has 60 valence electrons. The van der Waals surface area contributed by atoms with Crippen LogP contribution in [0, 0.1) is 0 Å². The van der Waals surface area contributed by atoms with Crippen LogP contribution in [0.1, 0.15) is 19.0 Å². The molecule has 1 aromatic heterocycles. The number of hydrogen-bond acceptors (Lipinski definition) is 1. The molecule has 1 unspecified atom stereocenters. The summed E-state index contributed by atoms with van der Waals surface area (Å²) in [7, 11) is 0. The summed E-state index contributed by atoms with van der Waals surface area (Å²) in [5.41, 5.74) is 1.16. The molecular weight excluding hydrogens is 202 g/mol. The van der Waals surface area contributed by atoms with Crippen LogP contribution < -0.4 is 0 Å². The zero-order valence-corrected chi connectivity index (χ0v) is 8.21. The van der Waals surface area contributed by atoms with Crippen LogP contribution in [-0.4, -0.2) is 9.81 Å². The fourth-order valence-corrected chi connectivity index (χ4v) is 1.22. The van der Waals surface area contributed by atoms with E-state index >= 15 is 0 Å². The molecular formula is C9H12BrN. The van der Waals surface area contributed by atoms with Crippen molar-refractivity contribution >= 4 is 15.9 Å². The van der Waals surface area contributed by atoms with Crippen LogP contribution in [0.4, 0.5) is 0 Å². The van der Waals surface area contributed by atoms with Crippen molar-refractivity contribution in [3.8, 4) is 0 Å². The van der Waals surface area contributed by atoms with Crippen LogP contribution >= 0.6 is 15.9 Å². The lowest BCUT2D eigenvalue weighted by atomic mass is 10.2. The van der Waals surface area contributed by atoms with Gasteiger partial charge in [-0.1, -0.05) is 28.9 Å². The molecule has 0 amide bonds. The van der Waals surface area contributed by atoms with Crippen LogP contribution in [0.5, 0.6) is 0 Å². The van der Waals surface area contributed by atoms with Crippen LogP contribution in [0.25, 0.3) is 0 Å². The minimum atomic E-state index is 0.567. The molecule has 0 aliphatic heterocycles. The Morgan fingerprint density at radius 2 is 2.36 bits per heavy atom. The van der Waals surface area contributed by atoms with E-state index in [0.717, 1.165) is 18.5 Å². The second-order valence-electron chi connectivity index (χ2n) is 2.53. The van der Waals surface area contributed by atoms with Crippen molar-refractivity contribution in [3.05, 3.63) is 30.1 Å². The first-order valence-corrected chi connectivity index (χ1v) is 4.78. The van der Waals surface area contributed by atoms with E-state index in [4.69, 9.17) is 0 Å². The molecule has 0 fully saturated rings. The van der Waals surface area contributed by atoms with E-state index in [-0.39, 0.29) is 0 Å². The maximum atomic E-state index is 4.24. The molecule has 0 saturated carbocycles. The zero-order chi connectivity index (χ0) is 8.10. The van der Waals surface area contributed by atoms with Gasteiger partial charge in [0.05, 0.1) is 0 Å². The van der Waals surface area contributed by atoms with Gasteiger partial charge >= 0.3 is 0 Å². The molecule has 0 radical (unpaired) electrons. The van der Waals surface area contributed by atoms with E-state index in [1.807, 2.05) is 18.3 Å². The van der Waals surface area contributed by atoms with Crippen molar-refractivity contribution in [1.82, 2.24) is 4.98 Å². The van der Waals surface area contributed by atoms with Gasteiger partial charge in [-0.15, -0.1) is 0 Å². The average molecular weight is 214 g/mol. The summed E-state index contributed by atoms with van der Waals surface area (Å²) in [6.07, 6.45) is 4.01. The lowest BCUT2D eigenvalue weighted by Gasteiger charge is -2.04. The van der Waals surface area contributed by atoms with Crippen molar-refractivity contribution in [2.24, 2.45) is 0 Å². The van der Waals surface area contributed by atoms with Crippen LogP contribution in [-0.2, 0) is 6.42 Å². The van der Waals surface area contributed by atoms with Crippen LogP contribution in [0.2, 0.25) is 0 Å². The normalized spacial score (nSPS) is 12.9. The topological polar surface area (TPSA) is 12.9 Å². The maximum absolute atomic E-state index is 4.24. The zero-order valence-electron chi connectivity index (χ0n) is 6.63. The third-order valence-electron chi connectivity index (χ3n) is 1.60. The second kappa shape index (κ2) is 4.50. The van der Waals surface area contributed by atoms with Gasteiger partial charge in [-0.3, -0.25) is 4.98 Å². The predicted molar refractivity (Wildman–Crippen MR) is 50.9 cm³/mol. The standard InChI is InChI=1S/C9H12BrN/c1-2-8(10)7-9-5-3-4-6-11-9/h3-6,8H,2,7H2,1H3. The summed E-state index contributed by atoms with van der Waals surface area (Å²) in [6.45, 7) is 2.17. The average Bonchev–Trinajstić information content (AvgIpc) is 2.06. The molecule has 0 aromatic carbocycles. The molecule has 1 aromatic rings. The smallest absolute Gasteiger partial charge is 0.0414 e. The highest BCUT2D eigenvalue weighted by atomic mass is 79.9. The monoisotopic (exact) mass is 213 g/mol. The summed E-state index contributed by atoms with van der Waals surface area (Å²) >= 11 is 3.57. The molecule has 0 N–H and O–H groups in total. The van der Waals surface area contributed by atoms with Gasteiger partial charge in [-0.05, 0) is 18.6 Å².